The van der Waals surface area contributed by atoms with Crippen molar-refractivity contribution in [2.45, 2.75) is 6.92 Å². The summed E-state index contributed by atoms with van der Waals surface area (Å²) in [4.78, 5) is 15.6. The van der Waals surface area contributed by atoms with Gasteiger partial charge in [0.1, 0.15) is 17.5 Å². The van der Waals surface area contributed by atoms with E-state index in [1.54, 1.807) is 6.92 Å². The lowest BCUT2D eigenvalue weighted by Crippen LogP contribution is -2.01. The smallest absolute Gasteiger partial charge is 0.205 e. The molecule has 2 aromatic carbocycles. The Morgan fingerprint density at radius 3 is 2.89 bits per heavy atom. The van der Waals surface area contributed by atoms with E-state index in [0.29, 0.717) is 23.1 Å². The molecule has 3 rings (SSSR count). The van der Waals surface area contributed by atoms with Crippen LogP contribution in [0, 0.1) is 17.1 Å². The summed E-state index contributed by atoms with van der Waals surface area (Å²) in [7, 11) is 0. The summed E-state index contributed by atoms with van der Waals surface area (Å²) in [5.41, 5.74) is 1.01. The molecule has 0 spiro atoms. The molecule has 0 amide bonds. The number of fused-ring (bicyclic) bond motifs is 1. The highest BCUT2D eigenvalue weighted by atomic mass is 35.5. The molecule has 1 heterocycles. The summed E-state index contributed by atoms with van der Waals surface area (Å²) < 4.78 is 18.6. The van der Waals surface area contributed by atoms with E-state index >= 15 is 0 Å². The molecule has 3 aromatic rings. The van der Waals surface area contributed by atoms with Gasteiger partial charge in [0, 0.05) is 22.7 Å². The summed E-state index contributed by atoms with van der Waals surface area (Å²) >= 11 is 5.99. The van der Waals surface area contributed by atoms with Gasteiger partial charge >= 0.3 is 0 Å². The maximum atomic E-state index is 13.3. The fourth-order valence-electron chi connectivity index (χ4n) is 2.69. The standard InChI is InChI=1S/C20H14ClFN2O3/c1-2-27-18-7-11(6-16(21)20(18)26)5-12(9-23)19(25)15-10-24-17-8-13(22)3-4-14(15)17/h3-8,10,24,26H,2H2,1H3/b12-5-. The number of aromatic hydroxyl groups is 1. The molecule has 0 atom stereocenters. The zero-order chi connectivity index (χ0) is 19.6. The first kappa shape index (κ1) is 18.5. The normalized spacial score (nSPS) is 11.4. The number of aromatic nitrogens is 1. The van der Waals surface area contributed by atoms with Gasteiger partial charge in [-0.25, -0.2) is 4.39 Å². The molecule has 136 valence electrons. The van der Waals surface area contributed by atoms with E-state index in [1.165, 1.54) is 42.6 Å². The lowest BCUT2D eigenvalue weighted by atomic mass is 10.0. The number of ketones is 1. The lowest BCUT2D eigenvalue weighted by Gasteiger charge is -2.08. The summed E-state index contributed by atoms with van der Waals surface area (Å²) in [6.07, 6.45) is 2.80. The zero-order valence-electron chi connectivity index (χ0n) is 14.2. The average molecular weight is 385 g/mol. The Labute approximate surface area is 159 Å². The molecule has 0 aliphatic rings. The maximum absolute atomic E-state index is 13.3. The van der Waals surface area contributed by atoms with Crippen LogP contribution in [-0.2, 0) is 0 Å². The Morgan fingerprint density at radius 2 is 2.19 bits per heavy atom. The van der Waals surface area contributed by atoms with Crippen LogP contribution in [0.5, 0.6) is 11.5 Å². The Balaban J connectivity index is 2.04. The van der Waals surface area contributed by atoms with E-state index in [2.05, 4.69) is 4.98 Å². The molecule has 0 aliphatic carbocycles. The molecule has 0 aliphatic heterocycles. The molecule has 0 fully saturated rings. The van der Waals surface area contributed by atoms with Gasteiger partial charge in [0.2, 0.25) is 5.78 Å². The first-order valence-corrected chi connectivity index (χ1v) is 8.40. The van der Waals surface area contributed by atoms with Crippen LogP contribution >= 0.6 is 11.6 Å². The number of carbonyl (C=O) groups excluding carboxylic acids is 1. The number of allylic oxidation sites excluding steroid dienone is 1. The van der Waals surface area contributed by atoms with Crippen molar-refractivity contribution in [2.75, 3.05) is 6.61 Å². The van der Waals surface area contributed by atoms with Crippen LogP contribution in [0.15, 0.2) is 42.1 Å². The first-order valence-electron chi connectivity index (χ1n) is 8.03. The molecule has 7 heteroatoms. The second-order valence-electron chi connectivity index (χ2n) is 5.67. The fraction of sp³-hybridized carbons (Fsp3) is 0.100. The number of nitrogens with zero attached hydrogens (tertiary/aromatic N) is 1. The second-order valence-corrected chi connectivity index (χ2v) is 6.08. The molecule has 0 saturated heterocycles. The molecule has 0 bridgehead atoms. The highest BCUT2D eigenvalue weighted by Gasteiger charge is 2.18. The SMILES string of the molecule is CCOc1cc(/C=C(/C#N)C(=O)c2c[nH]c3cc(F)ccc23)cc(Cl)c1O. The van der Waals surface area contributed by atoms with Crippen LogP contribution < -0.4 is 4.74 Å². The quantitative estimate of drug-likeness (QED) is 0.374. The highest BCUT2D eigenvalue weighted by Crippen LogP contribution is 2.36. The number of aromatic amines is 1. The van der Waals surface area contributed by atoms with Crippen molar-refractivity contribution in [2.24, 2.45) is 0 Å². The van der Waals surface area contributed by atoms with Gasteiger partial charge in [-0.2, -0.15) is 5.26 Å². The number of carbonyl (C=O) groups is 1. The topological polar surface area (TPSA) is 86.1 Å². The minimum Gasteiger partial charge on any atom is -0.503 e. The molecule has 0 saturated carbocycles. The second kappa shape index (κ2) is 7.52. The van der Waals surface area contributed by atoms with Crippen LogP contribution in [0.25, 0.3) is 17.0 Å². The van der Waals surface area contributed by atoms with E-state index in [4.69, 9.17) is 16.3 Å². The van der Waals surface area contributed by atoms with E-state index in [-0.39, 0.29) is 27.7 Å². The molecular formula is C20H14ClFN2O3. The zero-order valence-corrected chi connectivity index (χ0v) is 15.0. The molecule has 5 nitrogen and oxygen atoms in total. The molecule has 1 aromatic heterocycles. The summed E-state index contributed by atoms with van der Waals surface area (Å²) in [6.45, 7) is 2.06. The van der Waals surface area contributed by atoms with Gasteiger partial charge in [-0.05, 0) is 48.9 Å². The van der Waals surface area contributed by atoms with Gasteiger partial charge < -0.3 is 14.8 Å². The number of Topliss-reactive ketones (excluding diaryl/α,β-unsaturated/α-hetero) is 1. The number of benzene rings is 2. The van der Waals surface area contributed by atoms with Crippen molar-refractivity contribution < 1.29 is 19.0 Å². The Hall–Kier alpha value is -3.30. The minimum absolute atomic E-state index is 0.0412. The third-order valence-electron chi connectivity index (χ3n) is 3.92. The van der Waals surface area contributed by atoms with Crippen LogP contribution in [0.4, 0.5) is 4.39 Å². The third kappa shape index (κ3) is 3.64. The fourth-order valence-corrected chi connectivity index (χ4v) is 2.91. The molecule has 0 radical (unpaired) electrons. The number of phenols is 1. The van der Waals surface area contributed by atoms with Gasteiger partial charge in [0.15, 0.2) is 11.5 Å². The van der Waals surface area contributed by atoms with Gasteiger partial charge in [-0.15, -0.1) is 0 Å². The van der Waals surface area contributed by atoms with Crippen LogP contribution in [0.2, 0.25) is 5.02 Å². The van der Waals surface area contributed by atoms with Crippen LogP contribution in [0.3, 0.4) is 0 Å². The predicted molar refractivity (Wildman–Crippen MR) is 100 cm³/mol. The first-order chi connectivity index (χ1) is 12.9. The Kier molecular flexibility index (Phi) is 5.15. The number of halogens is 2. The van der Waals surface area contributed by atoms with Crippen molar-refractivity contribution >= 4 is 34.4 Å². The number of nitrogens with one attached hydrogen (secondary N) is 1. The van der Waals surface area contributed by atoms with Crippen molar-refractivity contribution in [3.05, 3.63) is 64.1 Å². The van der Waals surface area contributed by atoms with Gasteiger partial charge in [0.05, 0.1) is 11.6 Å². The summed E-state index contributed by atoms with van der Waals surface area (Å²) in [6, 6.07) is 8.79. The largest absolute Gasteiger partial charge is 0.503 e. The van der Waals surface area contributed by atoms with Crippen molar-refractivity contribution in [1.82, 2.24) is 4.98 Å². The maximum Gasteiger partial charge on any atom is 0.205 e. The van der Waals surface area contributed by atoms with Crippen molar-refractivity contribution in [1.29, 1.82) is 5.26 Å². The van der Waals surface area contributed by atoms with Gasteiger partial charge in [-0.3, -0.25) is 4.79 Å². The van der Waals surface area contributed by atoms with E-state index in [0.717, 1.165) is 0 Å². The summed E-state index contributed by atoms with van der Waals surface area (Å²) in [5.74, 6) is -0.998. The monoisotopic (exact) mass is 384 g/mol. The number of hydrogen-bond donors (Lipinski definition) is 2. The number of nitriles is 1. The Morgan fingerprint density at radius 1 is 1.41 bits per heavy atom. The predicted octanol–water partition coefficient (Wildman–Crippen LogP) is 4.85. The number of rotatable bonds is 5. The summed E-state index contributed by atoms with van der Waals surface area (Å²) in [5, 5.41) is 19.9. The highest BCUT2D eigenvalue weighted by molar-refractivity contribution is 6.32. The molecular weight excluding hydrogens is 371 g/mol. The molecule has 2 N–H and O–H groups in total. The third-order valence-corrected chi connectivity index (χ3v) is 4.20. The van der Waals surface area contributed by atoms with Crippen molar-refractivity contribution in [3.63, 3.8) is 0 Å². The number of ether oxygens (including phenoxy) is 1. The molecule has 27 heavy (non-hydrogen) atoms. The number of H-pyrrole nitrogens is 1. The lowest BCUT2D eigenvalue weighted by molar-refractivity contribution is 0.104. The van der Waals surface area contributed by atoms with Crippen LogP contribution in [-0.4, -0.2) is 22.5 Å². The molecule has 0 unspecified atom stereocenters. The van der Waals surface area contributed by atoms with Crippen LogP contribution in [0.1, 0.15) is 22.8 Å². The van der Waals surface area contributed by atoms with E-state index < -0.39 is 11.6 Å². The number of phenolic OH excluding ortho intramolecular Hbond substituents is 1. The minimum atomic E-state index is -0.516. The number of hydrogen-bond acceptors (Lipinski definition) is 4. The van der Waals surface area contributed by atoms with Gasteiger partial charge in [0.25, 0.3) is 0 Å². The van der Waals surface area contributed by atoms with E-state index in [1.807, 2.05) is 6.07 Å². The Bertz CT molecular complexity index is 1110. The van der Waals surface area contributed by atoms with E-state index in [9.17, 15) is 19.6 Å². The van der Waals surface area contributed by atoms with Gasteiger partial charge in [-0.1, -0.05) is 11.6 Å². The van der Waals surface area contributed by atoms with Crippen molar-refractivity contribution in [3.8, 4) is 17.6 Å². The average Bonchev–Trinajstić information content (AvgIpc) is 3.06.